The van der Waals surface area contributed by atoms with E-state index in [2.05, 4.69) is 15.6 Å². The summed E-state index contributed by atoms with van der Waals surface area (Å²) >= 11 is 0. The van der Waals surface area contributed by atoms with Gasteiger partial charge in [-0.25, -0.2) is 0 Å². The summed E-state index contributed by atoms with van der Waals surface area (Å²) in [6, 6.07) is 0. The zero-order valence-corrected chi connectivity index (χ0v) is 10.9. The molecule has 0 fully saturated rings. The van der Waals surface area contributed by atoms with E-state index in [1.165, 1.54) is 0 Å². The van der Waals surface area contributed by atoms with Crippen molar-refractivity contribution in [3.63, 3.8) is 0 Å². The molecule has 0 aliphatic heterocycles. The summed E-state index contributed by atoms with van der Waals surface area (Å²) in [7, 11) is 0. The number of unbranched alkanes of at least 4 members (excludes halogenated alkanes) is 3. The summed E-state index contributed by atoms with van der Waals surface area (Å²) in [5, 5.41) is 28.7. The predicted octanol–water partition coefficient (Wildman–Crippen LogP) is 0.303. The Morgan fingerprint density at radius 2 is 1.83 bits per heavy atom. The predicted molar refractivity (Wildman–Crippen MR) is 69.0 cm³/mol. The fourth-order valence-corrected chi connectivity index (χ4v) is 1.69. The van der Waals surface area contributed by atoms with Crippen LogP contribution in [0.25, 0.3) is 0 Å². The maximum Gasteiger partial charge on any atom is 0.0964 e. The van der Waals surface area contributed by atoms with Gasteiger partial charge in [0.25, 0.3) is 0 Å². The van der Waals surface area contributed by atoms with E-state index in [4.69, 9.17) is 10.2 Å². The maximum atomic E-state index is 8.71. The second-order valence-electron chi connectivity index (χ2n) is 4.36. The molecule has 0 unspecified atom stereocenters. The Morgan fingerprint density at radius 3 is 2.61 bits per heavy atom. The largest absolute Gasteiger partial charge is 0.396 e. The third-order valence-corrected chi connectivity index (χ3v) is 2.70. The SMILES string of the molecule is OCCCCCCNCc1cn(CCCO)nn1. The Labute approximate surface area is 108 Å². The van der Waals surface area contributed by atoms with E-state index in [9.17, 15) is 0 Å². The fourth-order valence-electron chi connectivity index (χ4n) is 1.69. The Balaban J connectivity index is 2.03. The topological polar surface area (TPSA) is 83.2 Å². The zero-order chi connectivity index (χ0) is 13.1. The number of aromatic nitrogens is 3. The molecule has 0 aliphatic rings. The number of hydrogen-bond acceptors (Lipinski definition) is 5. The molecule has 0 saturated heterocycles. The van der Waals surface area contributed by atoms with Crippen LogP contribution in [-0.2, 0) is 13.1 Å². The highest BCUT2D eigenvalue weighted by atomic mass is 16.3. The molecular weight excluding hydrogens is 232 g/mol. The van der Waals surface area contributed by atoms with Gasteiger partial charge in [0.05, 0.1) is 5.69 Å². The first-order valence-corrected chi connectivity index (χ1v) is 6.68. The normalized spacial score (nSPS) is 11.0. The minimum absolute atomic E-state index is 0.182. The number of rotatable bonds is 11. The summed E-state index contributed by atoms with van der Waals surface area (Å²) in [6.45, 7) is 2.89. The van der Waals surface area contributed by atoms with Crippen molar-refractivity contribution in [2.45, 2.75) is 45.2 Å². The molecule has 1 aromatic heterocycles. The lowest BCUT2D eigenvalue weighted by molar-refractivity contribution is 0.276. The molecule has 0 amide bonds. The number of hydrogen-bond donors (Lipinski definition) is 3. The van der Waals surface area contributed by atoms with Gasteiger partial charge in [0.2, 0.25) is 0 Å². The molecule has 18 heavy (non-hydrogen) atoms. The Morgan fingerprint density at radius 1 is 1.06 bits per heavy atom. The average molecular weight is 256 g/mol. The summed E-state index contributed by atoms with van der Waals surface area (Å²) in [5.41, 5.74) is 0.934. The molecular formula is C12H24N4O2. The van der Waals surface area contributed by atoms with Gasteiger partial charge in [-0.3, -0.25) is 4.68 Å². The molecule has 0 bridgehead atoms. The van der Waals surface area contributed by atoms with Crippen LogP contribution < -0.4 is 5.32 Å². The van der Waals surface area contributed by atoms with Gasteiger partial charge < -0.3 is 15.5 Å². The van der Waals surface area contributed by atoms with Crippen molar-refractivity contribution in [1.82, 2.24) is 20.3 Å². The molecule has 0 aliphatic carbocycles. The molecule has 0 atom stereocenters. The second kappa shape index (κ2) is 9.99. The molecule has 6 heteroatoms. The molecule has 1 rings (SSSR count). The van der Waals surface area contributed by atoms with Crippen LogP contribution in [0.5, 0.6) is 0 Å². The third kappa shape index (κ3) is 6.68. The number of aliphatic hydroxyl groups excluding tert-OH is 2. The molecule has 0 aromatic carbocycles. The third-order valence-electron chi connectivity index (χ3n) is 2.70. The van der Waals surface area contributed by atoms with E-state index in [1.54, 1.807) is 4.68 Å². The molecule has 0 spiro atoms. The summed E-state index contributed by atoms with van der Waals surface area (Å²) in [6.07, 6.45) is 6.89. The lowest BCUT2D eigenvalue weighted by Gasteiger charge is -2.01. The lowest BCUT2D eigenvalue weighted by atomic mass is 10.2. The molecule has 6 nitrogen and oxygen atoms in total. The van der Waals surface area contributed by atoms with Gasteiger partial charge in [-0.05, 0) is 25.8 Å². The van der Waals surface area contributed by atoms with Gasteiger partial charge >= 0.3 is 0 Å². The number of aryl methyl sites for hydroxylation is 1. The van der Waals surface area contributed by atoms with Crippen LogP contribution >= 0.6 is 0 Å². The van der Waals surface area contributed by atoms with Gasteiger partial charge in [0.15, 0.2) is 0 Å². The van der Waals surface area contributed by atoms with E-state index in [0.29, 0.717) is 19.6 Å². The molecule has 1 aromatic rings. The monoisotopic (exact) mass is 256 g/mol. The van der Waals surface area contributed by atoms with Crippen molar-refractivity contribution in [3.05, 3.63) is 11.9 Å². The van der Waals surface area contributed by atoms with Gasteiger partial charge in [-0.15, -0.1) is 5.10 Å². The van der Waals surface area contributed by atoms with Crippen molar-refractivity contribution in [3.8, 4) is 0 Å². The standard InChI is InChI=1S/C12H24N4O2/c17-8-4-2-1-3-6-13-10-12-11-16(15-14-12)7-5-9-18/h11,13,17-18H,1-10H2. The smallest absolute Gasteiger partial charge is 0.0964 e. The van der Waals surface area contributed by atoms with E-state index in [0.717, 1.165) is 44.5 Å². The first-order valence-electron chi connectivity index (χ1n) is 6.68. The minimum Gasteiger partial charge on any atom is -0.396 e. The first-order chi connectivity index (χ1) is 8.86. The fraction of sp³-hybridized carbons (Fsp3) is 0.833. The minimum atomic E-state index is 0.182. The van der Waals surface area contributed by atoms with Crippen LogP contribution in [-0.4, -0.2) is 45.0 Å². The quantitative estimate of drug-likeness (QED) is 0.496. The highest BCUT2D eigenvalue weighted by Crippen LogP contribution is 1.98. The van der Waals surface area contributed by atoms with E-state index in [-0.39, 0.29) is 6.61 Å². The van der Waals surface area contributed by atoms with E-state index < -0.39 is 0 Å². The van der Waals surface area contributed by atoms with Crippen LogP contribution in [0.15, 0.2) is 6.20 Å². The molecule has 0 saturated carbocycles. The van der Waals surface area contributed by atoms with Crippen LogP contribution in [0.2, 0.25) is 0 Å². The van der Waals surface area contributed by atoms with Crippen LogP contribution in [0, 0.1) is 0 Å². The zero-order valence-electron chi connectivity index (χ0n) is 10.9. The van der Waals surface area contributed by atoms with Crippen LogP contribution in [0.3, 0.4) is 0 Å². The van der Waals surface area contributed by atoms with Crippen molar-refractivity contribution in [2.24, 2.45) is 0 Å². The molecule has 0 radical (unpaired) electrons. The number of nitrogens with one attached hydrogen (secondary N) is 1. The average Bonchev–Trinajstić information content (AvgIpc) is 2.83. The van der Waals surface area contributed by atoms with Gasteiger partial charge in [-0.1, -0.05) is 18.1 Å². The van der Waals surface area contributed by atoms with Gasteiger partial charge in [0, 0.05) is 32.5 Å². The van der Waals surface area contributed by atoms with Crippen molar-refractivity contribution >= 4 is 0 Å². The van der Waals surface area contributed by atoms with Gasteiger partial charge in [0.1, 0.15) is 0 Å². The Kier molecular flexibility index (Phi) is 8.37. The lowest BCUT2D eigenvalue weighted by Crippen LogP contribution is -2.14. The highest BCUT2D eigenvalue weighted by molar-refractivity contribution is 4.91. The maximum absolute atomic E-state index is 8.71. The van der Waals surface area contributed by atoms with E-state index >= 15 is 0 Å². The van der Waals surface area contributed by atoms with Crippen molar-refractivity contribution < 1.29 is 10.2 Å². The number of aliphatic hydroxyl groups is 2. The van der Waals surface area contributed by atoms with Crippen molar-refractivity contribution in [1.29, 1.82) is 0 Å². The van der Waals surface area contributed by atoms with Crippen LogP contribution in [0.1, 0.15) is 37.8 Å². The van der Waals surface area contributed by atoms with E-state index in [1.807, 2.05) is 6.20 Å². The van der Waals surface area contributed by atoms with Gasteiger partial charge in [-0.2, -0.15) is 0 Å². The Bertz CT molecular complexity index is 304. The number of nitrogens with zero attached hydrogens (tertiary/aromatic N) is 3. The molecule has 104 valence electrons. The first kappa shape index (κ1) is 15.1. The highest BCUT2D eigenvalue weighted by Gasteiger charge is 1.99. The summed E-state index contributed by atoms with van der Waals surface area (Å²) < 4.78 is 1.76. The van der Waals surface area contributed by atoms with Crippen molar-refractivity contribution in [2.75, 3.05) is 19.8 Å². The molecule has 3 N–H and O–H groups in total. The summed E-state index contributed by atoms with van der Waals surface area (Å²) in [4.78, 5) is 0. The van der Waals surface area contributed by atoms with Crippen LogP contribution in [0.4, 0.5) is 0 Å². The summed E-state index contributed by atoms with van der Waals surface area (Å²) in [5.74, 6) is 0. The second-order valence-corrected chi connectivity index (χ2v) is 4.36. The molecule has 1 heterocycles. The Hall–Kier alpha value is -0.980.